The highest BCUT2D eigenvalue weighted by Crippen LogP contribution is 2.38. The number of aromatic hydroxyl groups is 1. The Balaban J connectivity index is 2.03. The maximum atomic E-state index is 12.8. The first-order chi connectivity index (χ1) is 12.9. The highest BCUT2D eigenvalue weighted by Gasteiger charge is 2.33. The van der Waals surface area contributed by atoms with Crippen LogP contribution in [0.4, 0.5) is 0 Å². The van der Waals surface area contributed by atoms with Crippen molar-refractivity contribution in [1.29, 1.82) is 0 Å². The topological polar surface area (TPSA) is 104 Å². The summed E-state index contributed by atoms with van der Waals surface area (Å²) in [5, 5.41) is 9.81. The molecule has 0 aliphatic carbocycles. The van der Waals surface area contributed by atoms with Gasteiger partial charge >= 0.3 is 5.63 Å². The van der Waals surface area contributed by atoms with Gasteiger partial charge in [-0.15, -0.1) is 0 Å². The minimum Gasteiger partial charge on any atom is -0.616 e. The van der Waals surface area contributed by atoms with Gasteiger partial charge in [0, 0.05) is 24.1 Å². The highest BCUT2D eigenvalue weighted by atomic mass is 32.2. The van der Waals surface area contributed by atoms with Crippen LogP contribution in [-0.2, 0) is 11.2 Å². The van der Waals surface area contributed by atoms with Gasteiger partial charge in [-0.05, 0) is 30.2 Å². The number of ether oxygens (including phenoxy) is 2. The lowest BCUT2D eigenvalue weighted by Gasteiger charge is -2.22. The van der Waals surface area contributed by atoms with Crippen LogP contribution >= 0.6 is 0 Å². The second kappa shape index (κ2) is 8.06. The van der Waals surface area contributed by atoms with E-state index in [4.69, 9.17) is 13.9 Å². The van der Waals surface area contributed by atoms with E-state index in [2.05, 4.69) is 4.99 Å². The van der Waals surface area contributed by atoms with Gasteiger partial charge in [-0.25, -0.2) is 4.79 Å². The van der Waals surface area contributed by atoms with Crippen LogP contribution in [0, 0.1) is 6.92 Å². The predicted octanol–water partition coefficient (Wildman–Crippen LogP) is 2.35. The molecular formula is C19H21NO6S. The van der Waals surface area contributed by atoms with Crippen LogP contribution in [0.2, 0.25) is 0 Å². The normalized spacial score (nSPS) is 19.9. The number of benzene rings is 1. The Morgan fingerprint density at radius 2 is 2.07 bits per heavy atom. The Bertz CT molecular complexity index is 923. The van der Waals surface area contributed by atoms with Gasteiger partial charge in [0.15, 0.2) is 0 Å². The number of nitrogens with zero attached hydrogens (tertiary/aromatic N) is 1. The van der Waals surface area contributed by atoms with E-state index >= 15 is 0 Å². The number of hydrogen-bond acceptors (Lipinski definition) is 7. The van der Waals surface area contributed by atoms with Gasteiger partial charge in [0.1, 0.15) is 39.6 Å². The first-order valence-electron chi connectivity index (χ1n) is 8.41. The van der Waals surface area contributed by atoms with E-state index in [-0.39, 0.29) is 17.7 Å². The largest absolute Gasteiger partial charge is 0.616 e. The molecule has 0 saturated heterocycles. The first-order valence-corrected chi connectivity index (χ1v) is 9.79. The SMILES string of the molecule is COc1ccc(C2CC(c3c(O)cc(C)oc3=O)=NCC[S+]2[O-])c(OC)c1. The first kappa shape index (κ1) is 19.3. The quantitative estimate of drug-likeness (QED) is 0.803. The summed E-state index contributed by atoms with van der Waals surface area (Å²) >= 11 is -1.23. The molecule has 27 heavy (non-hydrogen) atoms. The molecule has 1 aromatic carbocycles. The number of rotatable bonds is 4. The molecule has 2 unspecified atom stereocenters. The van der Waals surface area contributed by atoms with Gasteiger partial charge in [0.25, 0.3) is 0 Å². The zero-order valence-corrected chi connectivity index (χ0v) is 16.2. The summed E-state index contributed by atoms with van der Waals surface area (Å²) in [4.78, 5) is 16.7. The van der Waals surface area contributed by atoms with Crippen LogP contribution in [0.1, 0.15) is 28.6 Å². The van der Waals surface area contributed by atoms with Crippen molar-refractivity contribution in [2.24, 2.45) is 4.99 Å². The third kappa shape index (κ3) is 3.96. The molecule has 3 rings (SSSR count). The molecule has 2 heterocycles. The van der Waals surface area contributed by atoms with Crippen molar-refractivity contribution < 1.29 is 23.6 Å². The van der Waals surface area contributed by atoms with Crippen LogP contribution in [0.5, 0.6) is 17.2 Å². The second-order valence-corrected chi connectivity index (χ2v) is 7.86. The Kier molecular flexibility index (Phi) is 5.76. The van der Waals surface area contributed by atoms with Crippen LogP contribution < -0.4 is 15.1 Å². The van der Waals surface area contributed by atoms with Gasteiger partial charge in [-0.2, -0.15) is 0 Å². The summed E-state index contributed by atoms with van der Waals surface area (Å²) in [6, 6.07) is 6.69. The van der Waals surface area contributed by atoms with E-state index in [0.29, 0.717) is 35.3 Å². The van der Waals surface area contributed by atoms with Crippen LogP contribution in [-0.4, -0.2) is 41.9 Å². The summed E-state index contributed by atoms with van der Waals surface area (Å²) in [5.74, 6) is 1.65. The van der Waals surface area contributed by atoms with Crippen LogP contribution in [0.3, 0.4) is 0 Å². The van der Waals surface area contributed by atoms with Gasteiger partial charge in [0.05, 0.1) is 26.5 Å². The summed E-state index contributed by atoms with van der Waals surface area (Å²) < 4.78 is 28.6. The molecule has 0 spiro atoms. The van der Waals surface area contributed by atoms with Gasteiger partial charge in [-0.3, -0.25) is 4.99 Å². The van der Waals surface area contributed by atoms with E-state index in [0.717, 1.165) is 5.56 Å². The average molecular weight is 391 g/mol. The Morgan fingerprint density at radius 1 is 1.30 bits per heavy atom. The van der Waals surface area contributed by atoms with Crippen molar-refractivity contribution in [3.8, 4) is 17.2 Å². The van der Waals surface area contributed by atoms with Crippen molar-refractivity contribution in [2.45, 2.75) is 18.6 Å². The molecule has 0 fully saturated rings. The number of methoxy groups -OCH3 is 2. The summed E-state index contributed by atoms with van der Waals surface area (Å²) in [5.41, 5.74) is 0.494. The number of hydrogen-bond donors (Lipinski definition) is 1. The zero-order valence-electron chi connectivity index (χ0n) is 15.4. The van der Waals surface area contributed by atoms with E-state index in [1.807, 2.05) is 0 Å². The molecule has 8 heteroatoms. The van der Waals surface area contributed by atoms with Gasteiger partial charge in [-0.1, -0.05) is 0 Å². The van der Waals surface area contributed by atoms with Crippen molar-refractivity contribution >= 4 is 16.9 Å². The molecule has 0 amide bonds. The maximum absolute atomic E-state index is 12.8. The molecule has 2 atom stereocenters. The summed E-state index contributed by atoms with van der Waals surface area (Å²) in [6.07, 6.45) is 0.219. The van der Waals surface area contributed by atoms with E-state index in [1.165, 1.54) is 13.2 Å². The zero-order chi connectivity index (χ0) is 19.6. The Hall–Kier alpha value is -2.45. The second-order valence-electron chi connectivity index (χ2n) is 6.12. The molecule has 0 radical (unpaired) electrons. The Labute approximate surface area is 159 Å². The molecule has 1 aromatic heterocycles. The molecule has 7 nitrogen and oxygen atoms in total. The average Bonchev–Trinajstić information content (AvgIpc) is 2.82. The molecule has 0 bridgehead atoms. The molecule has 2 aromatic rings. The fourth-order valence-corrected chi connectivity index (χ4v) is 4.50. The number of aliphatic imine (C=N–C) groups is 1. The molecule has 1 aliphatic rings. The van der Waals surface area contributed by atoms with Gasteiger partial charge < -0.3 is 23.6 Å². The standard InChI is InChI=1S/C19H21NO6S/c1-11-8-15(21)18(19(22)26-11)14-10-17(27(23)7-6-20-14)13-5-4-12(24-2)9-16(13)25-3/h4-5,8-9,17,21H,6-7,10H2,1-3H3. The minimum absolute atomic E-state index is 0.0250. The van der Waals surface area contributed by atoms with E-state index in [9.17, 15) is 14.5 Å². The third-order valence-electron chi connectivity index (χ3n) is 4.42. The van der Waals surface area contributed by atoms with Crippen molar-refractivity contribution in [1.82, 2.24) is 0 Å². The lowest BCUT2D eigenvalue weighted by atomic mass is 10.0. The fourth-order valence-electron chi connectivity index (χ4n) is 3.12. The predicted molar refractivity (Wildman–Crippen MR) is 103 cm³/mol. The Morgan fingerprint density at radius 3 is 2.74 bits per heavy atom. The van der Waals surface area contributed by atoms with Crippen LogP contribution in [0.15, 0.2) is 38.5 Å². The highest BCUT2D eigenvalue weighted by molar-refractivity contribution is 7.91. The lowest BCUT2D eigenvalue weighted by molar-refractivity contribution is 0.390. The maximum Gasteiger partial charge on any atom is 0.348 e. The number of aryl methyl sites for hydroxylation is 1. The van der Waals surface area contributed by atoms with Crippen molar-refractivity contribution in [3.63, 3.8) is 0 Å². The molecule has 144 valence electrons. The van der Waals surface area contributed by atoms with Crippen molar-refractivity contribution in [3.05, 3.63) is 51.6 Å². The fraction of sp³-hybridized carbons (Fsp3) is 0.368. The summed E-state index contributed by atoms with van der Waals surface area (Å²) in [7, 11) is 3.09. The van der Waals surface area contributed by atoms with E-state index < -0.39 is 22.1 Å². The molecule has 1 N–H and O–H groups in total. The van der Waals surface area contributed by atoms with Crippen LogP contribution in [0.25, 0.3) is 0 Å². The minimum atomic E-state index is -1.23. The summed E-state index contributed by atoms with van der Waals surface area (Å²) in [6.45, 7) is 1.88. The smallest absolute Gasteiger partial charge is 0.348 e. The third-order valence-corrected chi connectivity index (χ3v) is 6.06. The van der Waals surface area contributed by atoms with Crippen molar-refractivity contribution in [2.75, 3.05) is 26.5 Å². The molecule has 0 saturated carbocycles. The van der Waals surface area contributed by atoms with E-state index in [1.54, 1.807) is 32.2 Å². The van der Waals surface area contributed by atoms with Gasteiger partial charge in [0.2, 0.25) is 0 Å². The molecular weight excluding hydrogens is 370 g/mol. The molecule has 1 aliphatic heterocycles. The lowest BCUT2D eigenvalue weighted by Crippen LogP contribution is -2.21. The monoisotopic (exact) mass is 391 g/mol.